The van der Waals surface area contributed by atoms with Crippen molar-refractivity contribution >= 4 is 5.97 Å². The predicted octanol–water partition coefficient (Wildman–Crippen LogP) is 2.09. The summed E-state index contributed by atoms with van der Waals surface area (Å²) in [6.07, 6.45) is 1.46. The quantitative estimate of drug-likeness (QED) is 0.869. The van der Waals surface area contributed by atoms with E-state index in [1.165, 1.54) is 0 Å². The van der Waals surface area contributed by atoms with Crippen molar-refractivity contribution in [1.29, 1.82) is 0 Å². The minimum Gasteiger partial charge on any atom is -0.478 e. The average molecular weight is 236 g/mol. The monoisotopic (exact) mass is 236 g/mol. The molecule has 0 aliphatic carbocycles. The minimum atomic E-state index is -0.972. The lowest BCUT2D eigenvalue weighted by Crippen LogP contribution is -2.42. The molecular formula is C13H16O4. The summed E-state index contributed by atoms with van der Waals surface area (Å²) in [7, 11) is 0. The number of carboxylic acid groups (broad SMARTS) is 1. The van der Waals surface area contributed by atoms with E-state index in [0.29, 0.717) is 12.4 Å². The molecule has 1 aromatic rings. The van der Waals surface area contributed by atoms with Gasteiger partial charge >= 0.3 is 5.97 Å². The summed E-state index contributed by atoms with van der Waals surface area (Å²) in [5, 5.41) is 9.18. The molecule has 0 amide bonds. The van der Waals surface area contributed by atoms with Crippen LogP contribution < -0.4 is 4.74 Å². The van der Waals surface area contributed by atoms with Crippen LogP contribution in [-0.2, 0) is 9.53 Å². The molecule has 0 radical (unpaired) electrons. The Morgan fingerprint density at radius 3 is 2.71 bits per heavy atom. The van der Waals surface area contributed by atoms with E-state index in [2.05, 4.69) is 0 Å². The number of para-hydroxylation sites is 1. The lowest BCUT2D eigenvalue weighted by Gasteiger charge is -2.28. The molecule has 0 spiro atoms. The number of aliphatic carboxylic acids is 1. The van der Waals surface area contributed by atoms with Crippen molar-refractivity contribution < 1.29 is 19.4 Å². The van der Waals surface area contributed by atoms with E-state index in [4.69, 9.17) is 9.47 Å². The summed E-state index contributed by atoms with van der Waals surface area (Å²) >= 11 is 0. The van der Waals surface area contributed by atoms with Crippen molar-refractivity contribution in [1.82, 2.24) is 0 Å². The molecule has 92 valence electrons. The lowest BCUT2D eigenvalue weighted by atomic mass is 10.0. The maximum absolute atomic E-state index is 11.2. The van der Waals surface area contributed by atoms with Gasteiger partial charge in [0.1, 0.15) is 11.9 Å². The summed E-state index contributed by atoms with van der Waals surface area (Å²) < 4.78 is 11.0. The third-order valence-corrected chi connectivity index (χ3v) is 2.80. The molecular weight excluding hydrogens is 220 g/mol. The van der Waals surface area contributed by atoms with Gasteiger partial charge in [-0.2, -0.15) is 0 Å². The molecule has 1 aliphatic heterocycles. The second-order valence-electron chi connectivity index (χ2n) is 4.09. The van der Waals surface area contributed by atoms with E-state index in [0.717, 1.165) is 19.3 Å². The summed E-state index contributed by atoms with van der Waals surface area (Å²) in [6.45, 7) is 0.618. The highest BCUT2D eigenvalue weighted by atomic mass is 16.6. The summed E-state index contributed by atoms with van der Waals surface area (Å²) in [5.41, 5.74) is 0. The van der Waals surface area contributed by atoms with E-state index in [1.54, 1.807) is 12.1 Å². The first-order valence-electron chi connectivity index (χ1n) is 5.83. The fourth-order valence-electron chi connectivity index (χ4n) is 1.94. The van der Waals surface area contributed by atoms with E-state index < -0.39 is 12.1 Å². The number of hydrogen-bond donors (Lipinski definition) is 1. The molecule has 4 nitrogen and oxygen atoms in total. The van der Waals surface area contributed by atoms with Crippen LogP contribution in [0.15, 0.2) is 30.3 Å². The average Bonchev–Trinajstić information content (AvgIpc) is 2.38. The Labute approximate surface area is 100 Å². The molecule has 0 saturated carbocycles. The van der Waals surface area contributed by atoms with Crippen molar-refractivity contribution in [2.45, 2.75) is 31.5 Å². The number of benzene rings is 1. The van der Waals surface area contributed by atoms with Crippen LogP contribution >= 0.6 is 0 Å². The molecule has 0 aromatic heterocycles. The number of carboxylic acids is 1. The van der Waals surface area contributed by atoms with E-state index in [1.807, 2.05) is 18.2 Å². The van der Waals surface area contributed by atoms with Gasteiger partial charge in [-0.05, 0) is 31.4 Å². The van der Waals surface area contributed by atoms with Gasteiger partial charge in [0.05, 0.1) is 0 Å². The van der Waals surface area contributed by atoms with Gasteiger partial charge < -0.3 is 14.6 Å². The zero-order valence-corrected chi connectivity index (χ0v) is 9.54. The van der Waals surface area contributed by atoms with E-state index >= 15 is 0 Å². The lowest BCUT2D eigenvalue weighted by molar-refractivity contribution is -0.155. The molecule has 1 aliphatic rings. The molecule has 2 atom stereocenters. The van der Waals surface area contributed by atoms with Crippen molar-refractivity contribution in [3.8, 4) is 5.75 Å². The molecule has 1 saturated heterocycles. The van der Waals surface area contributed by atoms with Crippen LogP contribution in [0.4, 0.5) is 0 Å². The fraction of sp³-hybridized carbons (Fsp3) is 0.462. The standard InChI is InChI=1S/C13H16O4/c14-13(15)12(11-8-4-5-9-16-11)17-10-6-2-1-3-7-10/h1-3,6-7,11-12H,4-5,8-9H2,(H,14,15). The third kappa shape index (κ3) is 3.20. The largest absolute Gasteiger partial charge is 0.478 e. The van der Waals surface area contributed by atoms with Gasteiger partial charge in [0.15, 0.2) is 0 Å². The van der Waals surface area contributed by atoms with Crippen molar-refractivity contribution in [3.63, 3.8) is 0 Å². The minimum absolute atomic E-state index is 0.346. The summed E-state index contributed by atoms with van der Waals surface area (Å²) in [4.78, 5) is 11.2. The summed E-state index contributed by atoms with van der Waals surface area (Å²) in [6, 6.07) is 8.99. The molecule has 1 aromatic carbocycles. The number of rotatable bonds is 4. The maximum atomic E-state index is 11.2. The Bertz CT molecular complexity index is 357. The Balaban J connectivity index is 2.04. The second kappa shape index (κ2) is 5.68. The number of hydrogen-bond acceptors (Lipinski definition) is 3. The molecule has 17 heavy (non-hydrogen) atoms. The number of carbonyl (C=O) groups is 1. The Hall–Kier alpha value is -1.55. The molecule has 1 N–H and O–H groups in total. The van der Waals surface area contributed by atoms with Crippen LogP contribution in [0.2, 0.25) is 0 Å². The third-order valence-electron chi connectivity index (χ3n) is 2.80. The molecule has 2 unspecified atom stereocenters. The van der Waals surface area contributed by atoms with Crippen LogP contribution in [0.3, 0.4) is 0 Å². The molecule has 0 bridgehead atoms. The Kier molecular flexibility index (Phi) is 3.98. The summed E-state index contributed by atoms with van der Waals surface area (Å²) in [5.74, 6) is -0.408. The molecule has 2 rings (SSSR count). The zero-order chi connectivity index (χ0) is 12.1. The molecule has 4 heteroatoms. The van der Waals surface area contributed by atoms with Crippen LogP contribution in [0.1, 0.15) is 19.3 Å². The first-order chi connectivity index (χ1) is 8.27. The van der Waals surface area contributed by atoms with Gasteiger partial charge in [-0.1, -0.05) is 18.2 Å². The first-order valence-corrected chi connectivity index (χ1v) is 5.83. The zero-order valence-electron chi connectivity index (χ0n) is 9.54. The van der Waals surface area contributed by atoms with E-state index in [-0.39, 0.29) is 6.10 Å². The second-order valence-corrected chi connectivity index (χ2v) is 4.09. The van der Waals surface area contributed by atoms with Crippen molar-refractivity contribution in [3.05, 3.63) is 30.3 Å². The maximum Gasteiger partial charge on any atom is 0.347 e. The van der Waals surface area contributed by atoms with Crippen LogP contribution in [-0.4, -0.2) is 29.9 Å². The van der Waals surface area contributed by atoms with Crippen LogP contribution in [0.25, 0.3) is 0 Å². The Morgan fingerprint density at radius 1 is 1.35 bits per heavy atom. The molecule has 1 heterocycles. The van der Waals surface area contributed by atoms with Gasteiger partial charge in [-0.15, -0.1) is 0 Å². The smallest absolute Gasteiger partial charge is 0.347 e. The Morgan fingerprint density at radius 2 is 2.12 bits per heavy atom. The van der Waals surface area contributed by atoms with Gasteiger partial charge in [-0.25, -0.2) is 4.79 Å². The van der Waals surface area contributed by atoms with Gasteiger partial charge in [0.25, 0.3) is 0 Å². The first kappa shape index (κ1) is 11.9. The van der Waals surface area contributed by atoms with Crippen LogP contribution in [0.5, 0.6) is 5.75 Å². The highest BCUT2D eigenvalue weighted by Crippen LogP contribution is 2.20. The molecule has 1 fully saturated rings. The number of ether oxygens (including phenoxy) is 2. The normalized spacial score (nSPS) is 21.8. The van der Waals surface area contributed by atoms with Crippen molar-refractivity contribution in [2.24, 2.45) is 0 Å². The van der Waals surface area contributed by atoms with E-state index in [9.17, 15) is 9.90 Å². The topological polar surface area (TPSA) is 55.8 Å². The fourth-order valence-corrected chi connectivity index (χ4v) is 1.94. The highest BCUT2D eigenvalue weighted by Gasteiger charge is 2.32. The SMILES string of the molecule is O=C(O)C(Oc1ccccc1)C1CCCCO1. The van der Waals surface area contributed by atoms with Crippen molar-refractivity contribution in [2.75, 3.05) is 6.61 Å². The van der Waals surface area contributed by atoms with Gasteiger partial charge in [0, 0.05) is 6.61 Å². The van der Waals surface area contributed by atoms with Gasteiger partial charge in [0.2, 0.25) is 6.10 Å². The predicted molar refractivity (Wildman–Crippen MR) is 62.1 cm³/mol. The highest BCUT2D eigenvalue weighted by molar-refractivity contribution is 5.73. The van der Waals surface area contributed by atoms with Gasteiger partial charge in [-0.3, -0.25) is 0 Å². The van der Waals surface area contributed by atoms with Crippen LogP contribution in [0, 0.1) is 0 Å².